The molecule has 3 aliphatic heterocycles. The molecule has 55 heavy (non-hydrogen) atoms. The highest BCUT2D eigenvalue weighted by Crippen LogP contribution is 2.53. The summed E-state index contributed by atoms with van der Waals surface area (Å²) in [6.07, 6.45) is -10.4. The highest BCUT2D eigenvalue weighted by molar-refractivity contribution is 6.41. The summed E-state index contributed by atoms with van der Waals surface area (Å²) in [5.74, 6) is -9.04. The molecule has 2 amide bonds. The van der Waals surface area contributed by atoms with Crippen molar-refractivity contribution in [3.05, 3.63) is 63.4 Å². The van der Waals surface area contributed by atoms with E-state index in [1.165, 1.54) is 19.1 Å². The number of aryl methyl sites for hydroxylation is 1. The second-order valence-electron chi connectivity index (χ2n) is 15.7. The van der Waals surface area contributed by atoms with E-state index in [1.54, 1.807) is 0 Å². The van der Waals surface area contributed by atoms with Gasteiger partial charge >= 0.3 is 23.9 Å². The van der Waals surface area contributed by atoms with Gasteiger partial charge in [-0.3, -0.25) is 29.1 Å². The first-order chi connectivity index (χ1) is 25.1. The van der Waals surface area contributed by atoms with E-state index in [2.05, 4.69) is 31.0 Å². The van der Waals surface area contributed by atoms with E-state index in [0.29, 0.717) is 55.2 Å². The zero-order valence-corrected chi connectivity index (χ0v) is 32.0. The summed E-state index contributed by atoms with van der Waals surface area (Å²) in [7, 11) is 0. The van der Waals surface area contributed by atoms with Crippen molar-refractivity contribution in [2.24, 2.45) is 5.92 Å². The smallest absolute Gasteiger partial charge is 0.358 e. The number of piperidine rings is 2. The standard InChI is InChI=1S/C33H43ClF2N4O3.C4F6O2/c1-19-26(34)17-24-28(37-19)33(43-29(24)32(6,7)38-20(2)41)11-14-39(15-12-33)30(42)23-10-13-40(31(3,4)5)18-25(23)22-9-8-21(35)16-27(22)36;5-3(6,7)1(11)2(12)4(8,9)10/h8-9,16-17,23,25,29H,10-15,18H2,1-7H3,(H,38,41);/t23?,25-,29?;/m0./s1. The van der Waals surface area contributed by atoms with Gasteiger partial charge in [-0.25, -0.2) is 8.78 Å². The topological polar surface area (TPSA) is 109 Å². The van der Waals surface area contributed by atoms with Gasteiger partial charge in [0.1, 0.15) is 23.3 Å². The molecule has 1 spiro atoms. The highest BCUT2D eigenvalue weighted by atomic mass is 35.5. The van der Waals surface area contributed by atoms with E-state index < -0.39 is 64.6 Å². The Bertz CT molecular complexity index is 1800. The van der Waals surface area contributed by atoms with Crippen molar-refractivity contribution >= 4 is 35.0 Å². The van der Waals surface area contributed by atoms with Crippen LogP contribution in [-0.2, 0) is 29.5 Å². The number of nitrogens with one attached hydrogen (secondary N) is 1. The molecule has 3 atom stereocenters. The molecule has 0 bridgehead atoms. The largest absolute Gasteiger partial charge is 0.458 e. The molecule has 2 unspecified atom stereocenters. The molecular formula is C37H43ClF8N4O5. The maximum absolute atomic E-state index is 15.1. The summed E-state index contributed by atoms with van der Waals surface area (Å²) in [5.41, 5.74) is 1.17. The molecule has 1 N–H and O–H groups in total. The third-order valence-corrected chi connectivity index (χ3v) is 10.6. The normalized spacial score (nSPS) is 21.7. The lowest BCUT2D eigenvalue weighted by molar-refractivity contribution is -0.193. The third-order valence-electron chi connectivity index (χ3n) is 10.2. The van der Waals surface area contributed by atoms with Crippen LogP contribution in [0.4, 0.5) is 35.1 Å². The number of ketones is 2. The van der Waals surface area contributed by atoms with Gasteiger partial charge in [-0.1, -0.05) is 17.7 Å². The van der Waals surface area contributed by atoms with Crippen LogP contribution in [0, 0.1) is 24.5 Å². The molecule has 0 aliphatic carbocycles. The molecular weight excluding hydrogens is 768 g/mol. The molecule has 2 saturated heterocycles. The fraction of sp³-hybridized carbons (Fsp3) is 0.595. The summed E-state index contributed by atoms with van der Waals surface area (Å²) in [5, 5.41) is 3.55. The van der Waals surface area contributed by atoms with Crippen LogP contribution in [0.1, 0.15) is 95.3 Å². The third kappa shape index (κ3) is 9.65. The summed E-state index contributed by atoms with van der Waals surface area (Å²) in [4.78, 5) is 54.4. The number of rotatable bonds is 5. The number of hydrogen-bond donors (Lipinski definition) is 1. The number of aromatic nitrogens is 1. The van der Waals surface area contributed by atoms with Crippen molar-refractivity contribution in [2.75, 3.05) is 26.2 Å². The van der Waals surface area contributed by atoms with E-state index in [9.17, 15) is 49.9 Å². The lowest BCUT2D eigenvalue weighted by Crippen LogP contribution is -2.54. The average molecular weight is 811 g/mol. The average Bonchev–Trinajstić information content (AvgIpc) is 3.35. The Balaban J connectivity index is 0.000000484. The van der Waals surface area contributed by atoms with Gasteiger partial charge in [-0.05, 0) is 85.0 Å². The number of halogens is 9. The Morgan fingerprint density at radius 2 is 1.45 bits per heavy atom. The number of alkyl halides is 6. The van der Waals surface area contributed by atoms with Gasteiger partial charge in [0.05, 0.1) is 21.9 Å². The first kappa shape index (κ1) is 44.0. The maximum Gasteiger partial charge on any atom is 0.458 e. The fourth-order valence-electron chi connectivity index (χ4n) is 7.47. The maximum atomic E-state index is 15.1. The van der Waals surface area contributed by atoms with Crippen molar-refractivity contribution < 1.29 is 59.0 Å². The monoisotopic (exact) mass is 810 g/mol. The van der Waals surface area contributed by atoms with E-state index >= 15 is 4.39 Å². The van der Waals surface area contributed by atoms with Gasteiger partial charge in [0.2, 0.25) is 11.8 Å². The number of likely N-dealkylation sites (tertiary alicyclic amines) is 2. The quantitative estimate of drug-likeness (QED) is 0.250. The number of hydrogen-bond acceptors (Lipinski definition) is 7. The number of amides is 2. The van der Waals surface area contributed by atoms with Gasteiger partial charge in [0, 0.05) is 55.6 Å². The SMILES string of the molecule is CC(=O)NC(C)(C)C1OC2(CCN(C(=O)C3CCN(C(C)(C)C)C[C@H]3c3ccc(F)cc3F)CC2)c2nc(C)c(Cl)cc21.O=C(C(=O)C(F)(F)F)C(F)(F)F. The van der Waals surface area contributed by atoms with Gasteiger partial charge in [-0.2, -0.15) is 26.3 Å². The second-order valence-corrected chi connectivity index (χ2v) is 16.1. The van der Waals surface area contributed by atoms with Crippen LogP contribution in [0.3, 0.4) is 0 Å². The molecule has 3 aliphatic rings. The van der Waals surface area contributed by atoms with Crippen LogP contribution < -0.4 is 5.32 Å². The van der Waals surface area contributed by atoms with Gasteiger partial charge in [0.25, 0.3) is 0 Å². The van der Waals surface area contributed by atoms with Crippen LogP contribution in [0.15, 0.2) is 24.3 Å². The highest BCUT2D eigenvalue weighted by Gasteiger charge is 2.55. The van der Waals surface area contributed by atoms with E-state index in [0.717, 1.165) is 23.9 Å². The number of carbonyl (C=O) groups is 4. The van der Waals surface area contributed by atoms with Crippen LogP contribution >= 0.6 is 11.6 Å². The zero-order valence-electron chi connectivity index (χ0n) is 31.3. The molecule has 4 heterocycles. The Kier molecular flexibility index (Phi) is 12.5. The Hall–Kier alpha value is -3.70. The van der Waals surface area contributed by atoms with Crippen LogP contribution in [0.25, 0.3) is 0 Å². The first-order valence-corrected chi connectivity index (χ1v) is 17.8. The number of carbonyl (C=O) groups excluding carboxylic acids is 4. The predicted molar refractivity (Wildman–Crippen MR) is 184 cm³/mol. The van der Waals surface area contributed by atoms with Gasteiger partial charge < -0.3 is 15.0 Å². The van der Waals surface area contributed by atoms with Crippen molar-refractivity contribution in [2.45, 2.75) is 109 Å². The Morgan fingerprint density at radius 1 is 0.891 bits per heavy atom. The summed E-state index contributed by atoms with van der Waals surface area (Å²) >= 11 is 6.50. The minimum Gasteiger partial charge on any atom is -0.358 e. The molecule has 304 valence electrons. The molecule has 5 rings (SSSR count). The van der Waals surface area contributed by atoms with Crippen molar-refractivity contribution in [1.82, 2.24) is 20.1 Å². The molecule has 1 aromatic carbocycles. The van der Waals surface area contributed by atoms with Crippen LogP contribution in [0.2, 0.25) is 5.02 Å². The number of pyridine rings is 1. The lowest BCUT2D eigenvalue weighted by Gasteiger charge is -2.47. The Labute approximate surface area is 318 Å². The van der Waals surface area contributed by atoms with E-state index in [4.69, 9.17) is 21.3 Å². The predicted octanol–water partition coefficient (Wildman–Crippen LogP) is 7.28. The molecule has 0 saturated carbocycles. The number of benzene rings is 1. The molecule has 1 aromatic heterocycles. The van der Waals surface area contributed by atoms with Crippen LogP contribution in [-0.4, -0.2) is 87.8 Å². The zero-order chi connectivity index (χ0) is 41.6. The summed E-state index contributed by atoms with van der Waals surface area (Å²) in [6.45, 7) is 15.7. The molecule has 9 nitrogen and oxygen atoms in total. The van der Waals surface area contributed by atoms with Crippen molar-refractivity contribution in [3.8, 4) is 0 Å². The first-order valence-electron chi connectivity index (χ1n) is 17.4. The number of nitrogens with zero attached hydrogens (tertiary/aromatic N) is 3. The number of fused-ring (bicyclic) bond motifs is 2. The number of Topliss-reactive ketones (excluding diaryl/α,β-unsaturated/α-hetero) is 2. The minimum absolute atomic E-state index is 0.00859. The molecule has 2 fully saturated rings. The van der Waals surface area contributed by atoms with E-state index in [-0.39, 0.29) is 17.4 Å². The lowest BCUT2D eigenvalue weighted by atomic mass is 9.77. The van der Waals surface area contributed by atoms with Gasteiger partial charge in [0.15, 0.2) is 0 Å². The molecule has 18 heteroatoms. The van der Waals surface area contributed by atoms with Crippen molar-refractivity contribution in [3.63, 3.8) is 0 Å². The fourth-order valence-corrected chi connectivity index (χ4v) is 7.63. The van der Waals surface area contributed by atoms with Crippen LogP contribution in [0.5, 0.6) is 0 Å². The van der Waals surface area contributed by atoms with Crippen molar-refractivity contribution in [1.29, 1.82) is 0 Å². The van der Waals surface area contributed by atoms with E-state index in [1.807, 2.05) is 31.7 Å². The number of ether oxygens (including phenoxy) is 1. The Morgan fingerprint density at radius 3 is 1.95 bits per heavy atom. The minimum atomic E-state index is -5.77. The second kappa shape index (κ2) is 15.7. The van der Waals surface area contributed by atoms with Gasteiger partial charge in [-0.15, -0.1) is 0 Å². The molecule has 2 aromatic rings. The molecule has 0 radical (unpaired) electrons. The summed E-state index contributed by atoms with van der Waals surface area (Å²) in [6, 6.07) is 5.57. The summed E-state index contributed by atoms with van der Waals surface area (Å²) < 4.78 is 103.